The molecule has 1 aromatic heterocycles. The number of carbonyl (C=O) groups excluding carboxylic acids is 4. The van der Waals surface area contributed by atoms with Gasteiger partial charge in [0.05, 0.1) is 6.61 Å². The maximum Gasteiger partial charge on any atom is 0.416 e. The average Bonchev–Trinajstić information content (AvgIpc) is 2.95. The van der Waals surface area contributed by atoms with Crippen LogP contribution in [-0.4, -0.2) is 60.4 Å². The lowest BCUT2D eigenvalue weighted by atomic mass is 9.72. The van der Waals surface area contributed by atoms with Crippen molar-refractivity contribution in [3.8, 4) is 0 Å². The van der Waals surface area contributed by atoms with Crippen LogP contribution in [0.4, 0.5) is 15.4 Å². The number of rotatable bonds is 10. The van der Waals surface area contributed by atoms with Crippen LogP contribution in [0.15, 0.2) is 42.5 Å². The van der Waals surface area contributed by atoms with Crippen LogP contribution in [0.1, 0.15) is 63.8 Å². The van der Waals surface area contributed by atoms with Gasteiger partial charge in [-0.05, 0) is 82.9 Å². The molecule has 1 aliphatic heterocycles. The highest BCUT2D eigenvalue weighted by atomic mass is 16.6. The number of carbonyl (C=O) groups is 4. The lowest BCUT2D eigenvalue weighted by molar-refractivity contribution is -0.145. The van der Waals surface area contributed by atoms with Crippen LogP contribution in [0.3, 0.4) is 0 Å². The van der Waals surface area contributed by atoms with Gasteiger partial charge in [-0.2, -0.15) is 0 Å². The zero-order chi connectivity index (χ0) is 31.0. The number of benzene rings is 1. The maximum atomic E-state index is 12.8. The first-order valence-corrected chi connectivity index (χ1v) is 14.9. The van der Waals surface area contributed by atoms with Gasteiger partial charge in [0.15, 0.2) is 0 Å². The molecule has 1 aliphatic carbocycles. The van der Waals surface area contributed by atoms with E-state index in [9.17, 15) is 19.2 Å². The molecule has 4 rings (SSSR count). The van der Waals surface area contributed by atoms with Crippen LogP contribution in [0.25, 0.3) is 0 Å². The van der Waals surface area contributed by atoms with Gasteiger partial charge in [0.2, 0.25) is 5.91 Å². The van der Waals surface area contributed by atoms with Crippen molar-refractivity contribution in [1.82, 2.24) is 15.6 Å². The lowest BCUT2D eigenvalue weighted by Gasteiger charge is -2.35. The van der Waals surface area contributed by atoms with E-state index in [0.29, 0.717) is 31.6 Å². The zero-order valence-corrected chi connectivity index (χ0v) is 25.4. The Balaban J connectivity index is 1.26. The van der Waals surface area contributed by atoms with Crippen molar-refractivity contribution in [3.63, 3.8) is 0 Å². The Labute approximate surface area is 252 Å². The Morgan fingerprint density at radius 2 is 1.79 bits per heavy atom. The number of amides is 3. The molecule has 1 atom stereocenters. The van der Waals surface area contributed by atoms with Crippen molar-refractivity contribution in [2.45, 2.75) is 78.0 Å². The predicted octanol–water partition coefficient (Wildman–Crippen LogP) is 4.31. The smallest absolute Gasteiger partial charge is 0.416 e. The SMILES string of the molecule is CCOC(=O)[C@H](CNC(=O)C1CC(Cc2ccc3c(n2)N(C(=O)OC(C)(C)C)CCC3)C1)NC(=O)OCc1ccccc1. The predicted molar refractivity (Wildman–Crippen MR) is 159 cm³/mol. The van der Waals surface area contributed by atoms with Gasteiger partial charge in [0.1, 0.15) is 24.1 Å². The molecule has 43 heavy (non-hydrogen) atoms. The molecular formula is C32H42N4O7. The number of hydrogen-bond donors (Lipinski definition) is 2. The van der Waals surface area contributed by atoms with Crippen LogP contribution in [0, 0.1) is 11.8 Å². The number of anilines is 1. The van der Waals surface area contributed by atoms with Crippen molar-refractivity contribution < 1.29 is 33.4 Å². The van der Waals surface area contributed by atoms with E-state index in [1.165, 1.54) is 0 Å². The molecule has 2 heterocycles. The molecule has 2 aromatic rings. The number of ether oxygens (including phenoxy) is 3. The normalized spacial score (nSPS) is 18.4. The number of aryl methyl sites for hydroxylation is 1. The fourth-order valence-corrected chi connectivity index (χ4v) is 5.19. The van der Waals surface area contributed by atoms with E-state index in [1.54, 1.807) is 11.8 Å². The molecule has 232 valence electrons. The number of alkyl carbamates (subject to hydrolysis) is 1. The summed E-state index contributed by atoms with van der Waals surface area (Å²) in [6.45, 7) is 7.86. The summed E-state index contributed by atoms with van der Waals surface area (Å²) in [4.78, 5) is 56.8. The van der Waals surface area contributed by atoms with Crippen molar-refractivity contribution in [2.75, 3.05) is 24.6 Å². The third-order valence-electron chi connectivity index (χ3n) is 7.37. The summed E-state index contributed by atoms with van der Waals surface area (Å²) in [5.74, 6) is -0.101. The van der Waals surface area contributed by atoms with Crippen LogP contribution >= 0.6 is 0 Å². The molecule has 0 saturated heterocycles. The summed E-state index contributed by atoms with van der Waals surface area (Å²) < 4.78 is 15.9. The van der Waals surface area contributed by atoms with E-state index in [1.807, 2.05) is 63.2 Å². The molecule has 1 aromatic carbocycles. The Morgan fingerprint density at radius 3 is 2.49 bits per heavy atom. The van der Waals surface area contributed by atoms with Gasteiger partial charge in [-0.25, -0.2) is 19.4 Å². The number of nitrogens with zero attached hydrogens (tertiary/aromatic N) is 2. The molecule has 0 spiro atoms. The number of fused-ring (bicyclic) bond motifs is 1. The molecule has 2 N–H and O–H groups in total. The minimum absolute atomic E-state index is 0.0517. The molecule has 1 saturated carbocycles. The van der Waals surface area contributed by atoms with Crippen molar-refractivity contribution >= 4 is 29.9 Å². The maximum absolute atomic E-state index is 12.8. The Kier molecular flexibility index (Phi) is 10.6. The first-order chi connectivity index (χ1) is 20.5. The standard InChI is InChI=1S/C32H42N4O7/c1-5-41-29(38)26(35-30(39)42-20-21-10-7-6-8-11-21)19-33-28(37)24-16-22(17-24)18-25-14-13-23-12-9-15-36(27(23)34-25)31(40)43-32(2,3)4/h6-8,10-11,13-14,22,24,26H,5,9,12,15-20H2,1-4H3,(H,33,37)(H,35,39)/t22?,24?,26-/m0/s1. The minimum atomic E-state index is -1.07. The molecule has 0 unspecified atom stereocenters. The van der Waals surface area contributed by atoms with Crippen LogP contribution in [-0.2, 0) is 43.2 Å². The van der Waals surface area contributed by atoms with Gasteiger partial charge in [-0.1, -0.05) is 36.4 Å². The summed E-state index contributed by atoms with van der Waals surface area (Å²) >= 11 is 0. The van der Waals surface area contributed by atoms with Gasteiger partial charge in [0, 0.05) is 24.7 Å². The van der Waals surface area contributed by atoms with Crippen LogP contribution in [0.2, 0.25) is 0 Å². The zero-order valence-electron chi connectivity index (χ0n) is 25.4. The number of hydrogen-bond acceptors (Lipinski definition) is 8. The summed E-state index contributed by atoms with van der Waals surface area (Å²) in [6.07, 6.45) is 2.60. The molecule has 0 bridgehead atoms. The van der Waals surface area contributed by atoms with Crippen LogP contribution < -0.4 is 15.5 Å². The van der Waals surface area contributed by atoms with Gasteiger partial charge in [0.25, 0.3) is 0 Å². The number of esters is 1. The molecule has 2 aliphatic rings. The Bertz CT molecular complexity index is 1290. The number of nitrogens with one attached hydrogen (secondary N) is 2. The highest BCUT2D eigenvalue weighted by Gasteiger charge is 2.36. The lowest BCUT2D eigenvalue weighted by Crippen LogP contribution is -2.51. The van der Waals surface area contributed by atoms with E-state index < -0.39 is 29.8 Å². The third kappa shape index (κ3) is 9.17. The molecule has 1 fully saturated rings. The van der Waals surface area contributed by atoms with Gasteiger partial charge in [-0.15, -0.1) is 0 Å². The summed E-state index contributed by atoms with van der Waals surface area (Å²) in [5.41, 5.74) is 2.12. The fourth-order valence-electron chi connectivity index (χ4n) is 5.19. The number of aromatic nitrogens is 1. The van der Waals surface area contributed by atoms with E-state index in [0.717, 1.165) is 29.7 Å². The highest BCUT2D eigenvalue weighted by Crippen LogP contribution is 2.37. The molecule has 11 heteroatoms. The monoisotopic (exact) mass is 594 g/mol. The largest absolute Gasteiger partial charge is 0.464 e. The van der Waals surface area contributed by atoms with E-state index >= 15 is 0 Å². The van der Waals surface area contributed by atoms with Crippen LogP contribution in [0.5, 0.6) is 0 Å². The topological polar surface area (TPSA) is 136 Å². The highest BCUT2D eigenvalue weighted by molar-refractivity contribution is 5.88. The number of pyridine rings is 1. The van der Waals surface area contributed by atoms with Crippen molar-refractivity contribution in [2.24, 2.45) is 11.8 Å². The summed E-state index contributed by atoms with van der Waals surface area (Å²) in [7, 11) is 0. The minimum Gasteiger partial charge on any atom is -0.464 e. The second kappa shape index (κ2) is 14.3. The Morgan fingerprint density at radius 1 is 1.05 bits per heavy atom. The second-order valence-corrected chi connectivity index (χ2v) is 12.0. The Hall–Kier alpha value is -4.15. The van der Waals surface area contributed by atoms with Gasteiger partial charge in [-0.3, -0.25) is 9.69 Å². The summed E-state index contributed by atoms with van der Waals surface area (Å²) in [6, 6.07) is 12.1. The van der Waals surface area contributed by atoms with E-state index in [2.05, 4.69) is 10.6 Å². The molecule has 11 nitrogen and oxygen atoms in total. The van der Waals surface area contributed by atoms with E-state index in [4.69, 9.17) is 19.2 Å². The quantitative estimate of drug-likeness (QED) is 0.307. The van der Waals surface area contributed by atoms with Gasteiger partial charge < -0.3 is 24.8 Å². The van der Waals surface area contributed by atoms with Gasteiger partial charge >= 0.3 is 18.2 Å². The first-order valence-electron chi connectivity index (χ1n) is 14.9. The molecule has 3 amide bonds. The first kappa shape index (κ1) is 31.8. The molecule has 0 radical (unpaired) electrons. The fraction of sp³-hybridized carbons (Fsp3) is 0.531. The summed E-state index contributed by atoms with van der Waals surface area (Å²) in [5, 5.41) is 5.28. The second-order valence-electron chi connectivity index (χ2n) is 12.0. The molecular weight excluding hydrogens is 552 g/mol. The van der Waals surface area contributed by atoms with E-state index in [-0.39, 0.29) is 37.5 Å². The van der Waals surface area contributed by atoms with Crippen molar-refractivity contribution in [3.05, 3.63) is 59.3 Å². The third-order valence-corrected chi connectivity index (χ3v) is 7.37. The van der Waals surface area contributed by atoms with Crippen molar-refractivity contribution in [1.29, 1.82) is 0 Å². The average molecular weight is 595 g/mol.